The van der Waals surface area contributed by atoms with E-state index in [1.54, 1.807) is 0 Å². The molecule has 0 spiro atoms. The molecule has 2 aromatic heterocycles. The molecule has 1 saturated heterocycles. The third-order valence-electron chi connectivity index (χ3n) is 4.18. The first-order valence-corrected chi connectivity index (χ1v) is 8.33. The summed E-state index contributed by atoms with van der Waals surface area (Å²) in [6, 6.07) is 0. The van der Waals surface area contributed by atoms with Crippen LogP contribution < -0.4 is 4.90 Å². The van der Waals surface area contributed by atoms with E-state index in [4.69, 9.17) is 0 Å². The number of hydrogen-bond donors (Lipinski definition) is 0. The largest absolute Gasteiger partial charge is 0.365 e. The molecule has 0 unspecified atom stereocenters. The number of fused-ring (bicyclic) bond motifs is 1. The van der Waals surface area contributed by atoms with Crippen molar-refractivity contribution >= 4 is 39.8 Å². The van der Waals surface area contributed by atoms with E-state index >= 15 is 0 Å². The molecule has 0 aromatic carbocycles. The summed E-state index contributed by atoms with van der Waals surface area (Å²) < 4.78 is 2.87. The number of nitrogens with zero attached hydrogens (tertiary/aromatic N) is 5. The molecule has 0 radical (unpaired) electrons. The summed E-state index contributed by atoms with van der Waals surface area (Å²) in [5.74, 6) is 0.672. The summed E-state index contributed by atoms with van der Waals surface area (Å²) in [7, 11) is 0. The molecule has 6 nitrogen and oxygen atoms in total. The molecule has 2 aliphatic rings. The van der Waals surface area contributed by atoms with Crippen molar-refractivity contribution in [1.82, 2.24) is 19.5 Å². The van der Waals surface area contributed by atoms with E-state index < -0.39 is 0 Å². The average molecular weight is 397 g/mol. The fraction of sp³-hybridized carbons (Fsp3) is 0.500. The molecule has 4 rings (SSSR count). The molecule has 1 aliphatic carbocycles. The molecule has 2 fully saturated rings. The second-order valence-corrected chi connectivity index (χ2v) is 6.82. The number of piperazine rings is 1. The van der Waals surface area contributed by atoms with Crippen molar-refractivity contribution < 1.29 is 4.79 Å². The number of amides is 1. The van der Waals surface area contributed by atoms with Gasteiger partial charge in [-0.25, -0.2) is 9.50 Å². The Labute approximate surface area is 136 Å². The zero-order valence-corrected chi connectivity index (χ0v) is 13.7. The average Bonchev–Trinajstić information content (AvgIpc) is 3.31. The molecule has 21 heavy (non-hydrogen) atoms. The number of aromatic nitrogens is 3. The number of carbonyl (C=O) groups excluding carboxylic acids is 1. The topological polar surface area (TPSA) is 53.7 Å². The lowest BCUT2D eigenvalue weighted by atomic mass is 10.2. The van der Waals surface area contributed by atoms with Crippen LogP contribution in [0, 0.1) is 9.49 Å². The summed E-state index contributed by atoms with van der Waals surface area (Å²) >= 11 is 2.24. The van der Waals surface area contributed by atoms with Gasteiger partial charge in [0.2, 0.25) is 5.91 Å². The van der Waals surface area contributed by atoms with Gasteiger partial charge in [0, 0.05) is 32.1 Å². The lowest BCUT2D eigenvalue weighted by Gasteiger charge is -2.36. The first-order valence-electron chi connectivity index (χ1n) is 7.25. The number of rotatable bonds is 2. The van der Waals surface area contributed by atoms with E-state index in [1.165, 1.54) is 0 Å². The molecular weight excluding hydrogens is 381 g/mol. The van der Waals surface area contributed by atoms with Crippen molar-refractivity contribution in [3.8, 4) is 0 Å². The second kappa shape index (κ2) is 5.11. The lowest BCUT2D eigenvalue weighted by Crippen LogP contribution is -2.49. The molecule has 0 atom stereocenters. The standard InChI is InChI=1S/C14H16IN5O/c15-12-8-17-20-9-11(7-16-13(12)20)18-3-5-19(6-4-18)14(21)10-1-2-10/h7-10H,1-6H2. The predicted octanol–water partition coefficient (Wildman–Crippen LogP) is 1.39. The maximum Gasteiger partial charge on any atom is 0.225 e. The van der Waals surface area contributed by atoms with Crippen LogP contribution in [-0.2, 0) is 4.79 Å². The van der Waals surface area contributed by atoms with Crippen LogP contribution in [0.4, 0.5) is 5.69 Å². The molecule has 1 saturated carbocycles. The third kappa shape index (κ3) is 2.47. The van der Waals surface area contributed by atoms with Crippen LogP contribution >= 0.6 is 22.6 Å². The SMILES string of the molecule is O=C(C1CC1)N1CCN(c2cnc3c(I)cnn3c2)CC1. The van der Waals surface area contributed by atoms with Crippen molar-refractivity contribution in [2.45, 2.75) is 12.8 Å². The normalized spacial score (nSPS) is 19.3. The summed E-state index contributed by atoms with van der Waals surface area (Å²) in [6.45, 7) is 3.35. The van der Waals surface area contributed by atoms with Crippen LogP contribution in [0.5, 0.6) is 0 Å². The smallest absolute Gasteiger partial charge is 0.225 e. The fourth-order valence-electron chi connectivity index (χ4n) is 2.77. The zero-order valence-electron chi connectivity index (χ0n) is 11.6. The van der Waals surface area contributed by atoms with E-state index in [9.17, 15) is 4.79 Å². The van der Waals surface area contributed by atoms with Crippen molar-refractivity contribution in [3.63, 3.8) is 0 Å². The maximum atomic E-state index is 12.1. The van der Waals surface area contributed by atoms with Gasteiger partial charge in [0.25, 0.3) is 0 Å². The first kappa shape index (κ1) is 13.3. The fourth-order valence-corrected chi connectivity index (χ4v) is 3.28. The van der Waals surface area contributed by atoms with Crippen LogP contribution in [0.3, 0.4) is 0 Å². The monoisotopic (exact) mass is 397 g/mol. The van der Waals surface area contributed by atoms with E-state index in [0.29, 0.717) is 11.8 Å². The van der Waals surface area contributed by atoms with Crippen LogP contribution in [0.2, 0.25) is 0 Å². The summed E-state index contributed by atoms with van der Waals surface area (Å²) in [4.78, 5) is 20.8. The Bertz CT molecular complexity index is 688. The molecule has 0 bridgehead atoms. The van der Waals surface area contributed by atoms with E-state index in [-0.39, 0.29) is 0 Å². The lowest BCUT2D eigenvalue weighted by molar-refractivity contribution is -0.132. The Morgan fingerprint density at radius 3 is 2.67 bits per heavy atom. The van der Waals surface area contributed by atoms with Gasteiger partial charge < -0.3 is 9.80 Å². The molecule has 7 heteroatoms. The van der Waals surface area contributed by atoms with Crippen LogP contribution in [0.1, 0.15) is 12.8 Å². The van der Waals surface area contributed by atoms with Crippen LogP contribution in [0.15, 0.2) is 18.6 Å². The Kier molecular flexibility index (Phi) is 3.24. The van der Waals surface area contributed by atoms with Gasteiger partial charge in [-0.05, 0) is 35.4 Å². The van der Waals surface area contributed by atoms with Gasteiger partial charge >= 0.3 is 0 Å². The summed E-state index contributed by atoms with van der Waals surface area (Å²) in [5, 5.41) is 4.30. The highest BCUT2D eigenvalue weighted by atomic mass is 127. The molecule has 1 amide bonds. The first-order chi connectivity index (χ1) is 10.2. The molecule has 110 valence electrons. The Morgan fingerprint density at radius 2 is 1.95 bits per heavy atom. The Balaban J connectivity index is 1.47. The maximum absolute atomic E-state index is 12.1. The van der Waals surface area contributed by atoms with Crippen molar-refractivity contribution in [2.24, 2.45) is 5.92 Å². The summed E-state index contributed by atoms with van der Waals surface area (Å²) in [6.07, 6.45) is 7.90. The van der Waals surface area contributed by atoms with Gasteiger partial charge in [-0.3, -0.25) is 4.79 Å². The highest BCUT2D eigenvalue weighted by Crippen LogP contribution is 2.31. The highest BCUT2D eigenvalue weighted by Gasteiger charge is 2.34. The Morgan fingerprint density at radius 1 is 1.19 bits per heavy atom. The van der Waals surface area contributed by atoms with Crippen LogP contribution in [-0.4, -0.2) is 51.6 Å². The van der Waals surface area contributed by atoms with Gasteiger partial charge in [0.05, 0.1) is 27.8 Å². The van der Waals surface area contributed by atoms with Crippen LogP contribution in [0.25, 0.3) is 5.65 Å². The van der Waals surface area contributed by atoms with E-state index in [2.05, 4.69) is 37.6 Å². The molecular formula is C14H16IN5O. The number of anilines is 1. The zero-order chi connectivity index (χ0) is 14.4. The van der Waals surface area contributed by atoms with Gasteiger partial charge in [-0.2, -0.15) is 5.10 Å². The minimum atomic E-state index is 0.320. The Hall–Kier alpha value is -1.38. The quantitative estimate of drug-likeness (QED) is 0.719. The minimum absolute atomic E-state index is 0.320. The number of halogens is 1. The molecule has 3 heterocycles. The highest BCUT2D eigenvalue weighted by molar-refractivity contribution is 14.1. The summed E-state index contributed by atoms with van der Waals surface area (Å²) in [5.41, 5.74) is 1.96. The van der Waals surface area contributed by atoms with Crippen molar-refractivity contribution in [2.75, 3.05) is 31.1 Å². The second-order valence-electron chi connectivity index (χ2n) is 5.66. The van der Waals surface area contributed by atoms with E-state index in [0.717, 1.165) is 53.9 Å². The predicted molar refractivity (Wildman–Crippen MR) is 87.2 cm³/mol. The number of hydrogen-bond acceptors (Lipinski definition) is 4. The minimum Gasteiger partial charge on any atom is -0.365 e. The van der Waals surface area contributed by atoms with Gasteiger partial charge in [0.1, 0.15) is 0 Å². The third-order valence-corrected chi connectivity index (χ3v) is 4.94. The van der Waals surface area contributed by atoms with E-state index in [1.807, 2.05) is 28.0 Å². The molecule has 1 aliphatic heterocycles. The van der Waals surface area contributed by atoms with Crippen molar-refractivity contribution in [3.05, 3.63) is 22.2 Å². The van der Waals surface area contributed by atoms with Gasteiger partial charge in [-0.15, -0.1) is 0 Å². The number of carbonyl (C=O) groups is 1. The van der Waals surface area contributed by atoms with Gasteiger partial charge in [-0.1, -0.05) is 0 Å². The molecule has 2 aromatic rings. The molecule has 0 N–H and O–H groups in total. The van der Waals surface area contributed by atoms with Gasteiger partial charge in [0.15, 0.2) is 5.65 Å². The van der Waals surface area contributed by atoms with Crippen molar-refractivity contribution in [1.29, 1.82) is 0 Å².